The minimum atomic E-state index is -0.0386. The quantitative estimate of drug-likeness (QED) is 0.860. The third kappa shape index (κ3) is 2.87. The molecule has 3 nitrogen and oxygen atoms in total. The van der Waals surface area contributed by atoms with Gasteiger partial charge in [-0.15, -0.1) is 0 Å². The van der Waals surface area contributed by atoms with Crippen molar-refractivity contribution in [3.8, 4) is 0 Å². The van der Waals surface area contributed by atoms with Gasteiger partial charge in [-0.25, -0.2) is 0 Å². The molecule has 2 rings (SSSR count). The molecule has 98 valence electrons. The number of hydrogen-bond donors (Lipinski definition) is 1. The Morgan fingerprint density at radius 3 is 2.89 bits per heavy atom. The molecule has 1 aromatic carbocycles. The molecule has 0 bridgehead atoms. The lowest BCUT2D eigenvalue weighted by atomic mass is 9.96. The lowest BCUT2D eigenvalue weighted by molar-refractivity contribution is 0.0661. The summed E-state index contributed by atoms with van der Waals surface area (Å²) in [4.78, 5) is 14.2. The average molecular weight is 332 g/mol. The first-order chi connectivity index (χ1) is 8.49. The molecule has 0 saturated carbocycles. The molecule has 2 atom stereocenters. The summed E-state index contributed by atoms with van der Waals surface area (Å²) in [6.45, 7) is 3.46. The molecule has 0 spiro atoms. The van der Waals surface area contributed by atoms with Crippen molar-refractivity contribution >= 4 is 33.4 Å². The predicted octanol–water partition coefficient (Wildman–Crippen LogP) is 2.91. The van der Waals surface area contributed by atoms with Crippen molar-refractivity contribution in [3.05, 3.63) is 33.3 Å². The number of nitrogens with zero attached hydrogens (tertiary/aromatic N) is 1. The van der Waals surface area contributed by atoms with Crippen LogP contribution in [0.3, 0.4) is 0 Å². The number of carbonyl (C=O) groups is 1. The lowest BCUT2D eigenvalue weighted by Gasteiger charge is -2.35. The molecule has 1 fully saturated rings. The van der Waals surface area contributed by atoms with Gasteiger partial charge in [-0.3, -0.25) is 4.79 Å². The SMILES string of the molecule is CC1CC(N)CN(C(=O)c2cccc(Br)c2Cl)C1. The number of piperidine rings is 1. The zero-order valence-electron chi connectivity index (χ0n) is 10.2. The normalized spacial score (nSPS) is 24.1. The third-order valence-electron chi connectivity index (χ3n) is 3.16. The number of halogens is 2. The van der Waals surface area contributed by atoms with E-state index in [0.29, 0.717) is 23.0 Å². The van der Waals surface area contributed by atoms with Gasteiger partial charge in [0, 0.05) is 23.6 Å². The van der Waals surface area contributed by atoms with E-state index in [2.05, 4.69) is 22.9 Å². The maximum atomic E-state index is 12.4. The van der Waals surface area contributed by atoms with E-state index < -0.39 is 0 Å². The molecule has 1 saturated heterocycles. The Morgan fingerprint density at radius 1 is 1.50 bits per heavy atom. The number of benzene rings is 1. The highest BCUT2D eigenvalue weighted by atomic mass is 79.9. The standard InChI is InChI=1S/C13H16BrClN2O/c1-8-5-9(16)7-17(6-8)13(18)10-3-2-4-11(14)12(10)15/h2-4,8-9H,5-7,16H2,1H3. The molecule has 5 heteroatoms. The van der Waals surface area contributed by atoms with Crippen molar-refractivity contribution < 1.29 is 4.79 Å². The summed E-state index contributed by atoms with van der Waals surface area (Å²) in [6.07, 6.45) is 0.968. The minimum absolute atomic E-state index is 0.0386. The van der Waals surface area contributed by atoms with Gasteiger partial charge >= 0.3 is 0 Å². The van der Waals surface area contributed by atoms with Gasteiger partial charge in [0.25, 0.3) is 5.91 Å². The van der Waals surface area contributed by atoms with Crippen LogP contribution in [-0.2, 0) is 0 Å². The van der Waals surface area contributed by atoms with Crippen molar-refractivity contribution in [1.82, 2.24) is 4.90 Å². The molecular formula is C13H16BrClN2O. The molecule has 1 aliphatic heterocycles. The summed E-state index contributed by atoms with van der Waals surface area (Å²) in [6, 6.07) is 5.45. The van der Waals surface area contributed by atoms with E-state index in [1.54, 1.807) is 11.0 Å². The fraction of sp³-hybridized carbons (Fsp3) is 0.462. The van der Waals surface area contributed by atoms with Gasteiger partial charge in [0.2, 0.25) is 0 Å². The maximum absolute atomic E-state index is 12.4. The monoisotopic (exact) mass is 330 g/mol. The topological polar surface area (TPSA) is 46.3 Å². The van der Waals surface area contributed by atoms with Crippen LogP contribution in [0, 0.1) is 5.92 Å². The molecule has 0 aliphatic carbocycles. The average Bonchev–Trinajstić information content (AvgIpc) is 2.30. The highest BCUT2D eigenvalue weighted by Crippen LogP contribution is 2.28. The Labute approximate surface area is 120 Å². The van der Waals surface area contributed by atoms with E-state index in [1.807, 2.05) is 12.1 Å². The number of likely N-dealkylation sites (tertiary alicyclic amines) is 1. The summed E-state index contributed by atoms with van der Waals surface area (Å²) in [5.74, 6) is 0.395. The Bertz CT molecular complexity index is 456. The van der Waals surface area contributed by atoms with Crippen LogP contribution < -0.4 is 5.73 Å². The van der Waals surface area contributed by atoms with Crippen molar-refractivity contribution in [3.63, 3.8) is 0 Å². The largest absolute Gasteiger partial charge is 0.337 e. The van der Waals surface area contributed by atoms with E-state index in [-0.39, 0.29) is 11.9 Å². The van der Waals surface area contributed by atoms with Crippen LogP contribution in [-0.4, -0.2) is 29.9 Å². The second-order valence-electron chi connectivity index (χ2n) is 4.91. The molecule has 1 heterocycles. The molecule has 2 N–H and O–H groups in total. The minimum Gasteiger partial charge on any atom is -0.337 e. The second-order valence-corrected chi connectivity index (χ2v) is 6.14. The molecule has 0 aromatic heterocycles. The van der Waals surface area contributed by atoms with E-state index in [4.69, 9.17) is 17.3 Å². The summed E-state index contributed by atoms with van der Waals surface area (Å²) < 4.78 is 0.740. The van der Waals surface area contributed by atoms with Gasteiger partial charge < -0.3 is 10.6 Å². The molecule has 1 amide bonds. The smallest absolute Gasteiger partial charge is 0.255 e. The van der Waals surface area contributed by atoms with E-state index >= 15 is 0 Å². The van der Waals surface area contributed by atoms with Crippen molar-refractivity contribution in [2.75, 3.05) is 13.1 Å². The zero-order valence-corrected chi connectivity index (χ0v) is 12.5. The first kappa shape index (κ1) is 13.8. The molecule has 1 aliphatic rings. The van der Waals surface area contributed by atoms with E-state index in [0.717, 1.165) is 17.4 Å². The number of rotatable bonds is 1. The fourth-order valence-electron chi connectivity index (χ4n) is 2.40. The van der Waals surface area contributed by atoms with Crippen molar-refractivity contribution in [2.45, 2.75) is 19.4 Å². The maximum Gasteiger partial charge on any atom is 0.255 e. The number of nitrogens with two attached hydrogens (primary N) is 1. The van der Waals surface area contributed by atoms with E-state index in [1.165, 1.54) is 0 Å². The van der Waals surface area contributed by atoms with Gasteiger partial charge in [0.15, 0.2) is 0 Å². The van der Waals surface area contributed by atoms with E-state index in [9.17, 15) is 4.79 Å². The van der Waals surface area contributed by atoms with Crippen molar-refractivity contribution in [1.29, 1.82) is 0 Å². The highest BCUT2D eigenvalue weighted by molar-refractivity contribution is 9.10. The molecule has 0 radical (unpaired) electrons. The summed E-state index contributed by atoms with van der Waals surface area (Å²) >= 11 is 9.49. The Hall–Kier alpha value is -0.580. The van der Waals surface area contributed by atoms with Gasteiger partial charge in [0.1, 0.15) is 0 Å². The van der Waals surface area contributed by atoms with Gasteiger partial charge in [-0.2, -0.15) is 0 Å². The van der Waals surface area contributed by atoms with Gasteiger partial charge in [-0.05, 0) is 40.4 Å². The molecule has 1 aromatic rings. The summed E-state index contributed by atoms with van der Waals surface area (Å²) in [5, 5.41) is 0.467. The Balaban J connectivity index is 2.23. The van der Waals surface area contributed by atoms with Gasteiger partial charge in [0.05, 0.1) is 10.6 Å². The summed E-state index contributed by atoms with van der Waals surface area (Å²) in [5.41, 5.74) is 6.50. The first-order valence-electron chi connectivity index (χ1n) is 5.98. The first-order valence-corrected chi connectivity index (χ1v) is 7.15. The molecule has 2 unspecified atom stereocenters. The second kappa shape index (κ2) is 5.59. The molecular weight excluding hydrogens is 316 g/mol. The van der Waals surface area contributed by atoms with Crippen LogP contribution in [0.4, 0.5) is 0 Å². The van der Waals surface area contributed by atoms with Crippen LogP contribution in [0.1, 0.15) is 23.7 Å². The van der Waals surface area contributed by atoms with Crippen LogP contribution in [0.2, 0.25) is 5.02 Å². The zero-order chi connectivity index (χ0) is 13.3. The number of hydrogen-bond acceptors (Lipinski definition) is 2. The number of carbonyl (C=O) groups excluding carboxylic acids is 1. The van der Waals surface area contributed by atoms with Crippen LogP contribution in [0.5, 0.6) is 0 Å². The summed E-state index contributed by atoms with van der Waals surface area (Å²) in [7, 11) is 0. The van der Waals surface area contributed by atoms with Crippen LogP contribution in [0.25, 0.3) is 0 Å². The lowest BCUT2D eigenvalue weighted by Crippen LogP contribution is -2.48. The van der Waals surface area contributed by atoms with Crippen molar-refractivity contribution in [2.24, 2.45) is 11.7 Å². The number of amides is 1. The predicted molar refractivity (Wildman–Crippen MR) is 76.8 cm³/mol. The van der Waals surface area contributed by atoms with Crippen LogP contribution >= 0.6 is 27.5 Å². The Morgan fingerprint density at radius 2 is 2.22 bits per heavy atom. The fourth-order valence-corrected chi connectivity index (χ4v) is 2.98. The third-order valence-corrected chi connectivity index (χ3v) is 4.46. The Kier molecular flexibility index (Phi) is 4.30. The molecule has 18 heavy (non-hydrogen) atoms. The van der Waals surface area contributed by atoms with Crippen LogP contribution in [0.15, 0.2) is 22.7 Å². The highest BCUT2D eigenvalue weighted by Gasteiger charge is 2.27. The van der Waals surface area contributed by atoms with Gasteiger partial charge in [-0.1, -0.05) is 24.6 Å².